The fourth-order valence-corrected chi connectivity index (χ4v) is 5.40. The van der Waals surface area contributed by atoms with Gasteiger partial charge in [-0.1, -0.05) is 22.9 Å². The van der Waals surface area contributed by atoms with Crippen LogP contribution in [0.5, 0.6) is 0 Å². The topological polar surface area (TPSA) is 57.6 Å². The highest BCUT2D eigenvalue weighted by Gasteiger charge is 2.33. The van der Waals surface area contributed by atoms with E-state index in [9.17, 15) is 13.5 Å². The third kappa shape index (κ3) is 3.21. The molecular weight excluding hydrogens is 398 g/mol. The van der Waals surface area contributed by atoms with Crippen LogP contribution >= 0.6 is 31.9 Å². The summed E-state index contributed by atoms with van der Waals surface area (Å²) >= 11 is 6.60. The van der Waals surface area contributed by atoms with Gasteiger partial charge in [-0.25, -0.2) is 8.42 Å². The first-order valence-corrected chi connectivity index (χ1v) is 8.98. The number of benzene rings is 1. The molecule has 1 aliphatic heterocycles. The van der Waals surface area contributed by atoms with Crippen molar-refractivity contribution in [2.45, 2.75) is 24.3 Å². The average Bonchev–Trinajstić information content (AvgIpc) is 2.32. The number of hydrogen-bond donors (Lipinski definition) is 1. The Balaban J connectivity index is 2.32. The standard InChI is InChI=1S/C12H15Br2NO3S/c1-8-7-15(5-4-11(8)16)19(17,18)12-3-2-9(13)6-10(12)14/h2-3,6,8,11,16H,4-5,7H2,1H3. The van der Waals surface area contributed by atoms with Gasteiger partial charge in [0.1, 0.15) is 0 Å². The summed E-state index contributed by atoms with van der Waals surface area (Å²) in [6.07, 6.45) is 0.0639. The molecule has 7 heteroatoms. The monoisotopic (exact) mass is 411 g/mol. The first-order valence-electron chi connectivity index (χ1n) is 5.95. The summed E-state index contributed by atoms with van der Waals surface area (Å²) in [4.78, 5) is 0.263. The van der Waals surface area contributed by atoms with Crippen molar-refractivity contribution in [1.29, 1.82) is 0 Å². The molecule has 2 atom stereocenters. The van der Waals surface area contributed by atoms with E-state index in [2.05, 4.69) is 31.9 Å². The lowest BCUT2D eigenvalue weighted by atomic mass is 9.99. The van der Waals surface area contributed by atoms with E-state index >= 15 is 0 Å². The van der Waals surface area contributed by atoms with Crippen LogP contribution in [-0.4, -0.2) is 37.0 Å². The summed E-state index contributed by atoms with van der Waals surface area (Å²) in [6.45, 7) is 2.57. The second-order valence-electron chi connectivity index (χ2n) is 4.77. The van der Waals surface area contributed by atoms with Crippen LogP contribution in [0.2, 0.25) is 0 Å². The number of sulfonamides is 1. The van der Waals surface area contributed by atoms with E-state index in [-0.39, 0.29) is 10.8 Å². The van der Waals surface area contributed by atoms with Crippen LogP contribution in [0, 0.1) is 5.92 Å². The second-order valence-corrected chi connectivity index (χ2v) is 8.45. The lowest BCUT2D eigenvalue weighted by Gasteiger charge is -2.33. The number of halogens is 2. The quantitative estimate of drug-likeness (QED) is 0.812. The van der Waals surface area contributed by atoms with Crippen LogP contribution in [0.4, 0.5) is 0 Å². The largest absolute Gasteiger partial charge is 0.393 e. The maximum absolute atomic E-state index is 12.6. The van der Waals surface area contributed by atoms with Gasteiger partial charge in [0.15, 0.2) is 0 Å². The molecule has 4 nitrogen and oxygen atoms in total. The fourth-order valence-electron chi connectivity index (χ4n) is 2.14. The van der Waals surface area contributed by atoms with Gasteiger partial charge in [0.25, 0.3) is 0 Å². The average molecular weight is 413 g/mol. The Bertz CT molecular complexity index is 576. The molecule has 2 rings (SSSR count). The first kappa shape index (κ1) is 15.4. The molecule has 1 aromatic rings. The van der Waals surface area contributed by atoms with E-state index in [1.165, 1.54) is 4.31 Å². The Morgan fingerprint density at radius 2 is 2.05 bits per heavy atom. The van der Waals surface area contributed by atoms with E-state index in [0.29, 0.717) is 24.0 Å². The summed E-state index contributed by atoms with van der Waals surface area (Å²) in [5, 5.41) is 9.69. The zero-order valence-corrected chi connectivity index (χ0v) is 14.4. The van der Waals surface area contributed by atoms with Crippen molar-refractivity contribution in [3.05, 3.63) is 27.1 Å². The lowest BCUT2D eigenvalue weighted by Crippen LogP contribution is -2.44. The summed E-state index contributed by atoms with van der Waals surface area (Å²) in [5.41, 5.74) is 0. The summed E-state index contributed by atoms with van der Waals surface area (Å²) < 4.78 is 27.9. The number of piperidine rings is 1. The highest BCUT2D eigenvalue weighted by molar-refractivity contribution is 9.11. The number of hydrogen-bond acceptors (Lipinski definition) is 3. The number of nitrogens with zero attached hydrogens (tertiary/aromatic N) is 1. The van der Waals surface area contributed by atoms with Crippen LogP contribution < -0.4 is 0 Å². The Morgan fingerprint density at radius 3 is 2.63 bits per heavy atom. The molecule has 0 bridgehead atoms. The molecule has 1 aliphatic rings. The van der Waals surface area contributed by atoms with Gasteiger partial charge in [-0.05, 0) is 46.5 Å². The van der Waals surface area contributed by atoms with Gasteiger partial charge >= 0.3 is 0 Å². The lowest BCUT2D eigenvalue weighted by molar-refractivity contribution is 0.0628. The molecule has 19 heavy (non-hydrogen) atoms. The summed E-state index contributed by atoms with van der Waals surface area (Å²) in [5.74, 6) is -0.0438. The van der Waals surface area contributed by atoms with Gasteiger partial charge in [0, 0.05) is 22.0 Å². The molecule has 1 heterocycles. The van der Waals surface area contributed by atoms with Crippen LogP contribution in [0.15, 0.2) is 32.0 Å². The molecule has 0 saturated carbocycles. The smallest absolute Gasteiger partial charge is 0.244 e. The van der Waals surface area contributed by atoms with E-state index in [1.807, 2.05) is 6.92 Å². The molecule has 106 valence electrons. The molecule has 0 aliphatic carbocycles. The molecule has 0 radical (unpaired) electrons. The van der Waals surface area contributed by atoms with Crippen LogP contribution in [0.1, 0.15) is 13.3 Å². The highest BCUT2D eigenvalue weighted by Crippen LogP contribution is 2.30. The first-order chi connectivity index (χ1) is 8.82. The predicted octanol–water partition coefficient (Wildman–Crippen LogP) is 2.60. The van der Waals surface area contributed by atoms with Gasteiger partial charge in [-0.2, -0.15) is 4.31 Å². The maximum atomic E-state index is 12.6. The second kappa shape index (κ2) is 5.81. The van der Waals surface area contributed by atoms with Crippen molar-refractivity contribution in [3.63, 3.8) is 0 Å². The third-order valence-corrected chi connectivity index (χ3v) is 6.67. The Kier molecular flexibility index (Phi) is 4.72. The predicted molar refractivity (Wildman–Crippen MR) is 80.4 cm³/mol. The SMILES string of the molecule is CC1CN(S(=O)(=O)c2ccc(Br)cc2Br)CCC1O. The normalized spacial score (nSPS) is 25.5. The van der Waals surface area contributed by atoms with Gasteiger partial charge in [0.2, 0.25) is 10.0 Å². The third-order valence-electron chi connectivity index (χ3n) is 3.33. The Labute approximate surface area is 130 Å². The molecule has 0 spiro atoms. The Morgan fingerprint density at radius 1 is 1.37 bits per heavy atom. The van der Waals surface area contributed by atoms with Crippen molar-refractivity contribution in [1.82, 2.24) is 4.31 Å². The summed E-state index contributed by atoms with van der Waals surface area (Å²) in [7, 11) is -3.51. The molecule has 2 unspecified atom stereocenters. The maximum Gasteiger partial charge on any atom is 0.244 e. The molecule has 0 aromatic heterocycles. The van der Waals surface area contributed by atoms with Crippen LogP contribution in [0.25, 0.3) is 0 Å². The van der Waals surface area contributed by atoms with Crippen molar-refractivity contribution in [2.75, 3.05) is 13.1 Å². The molecule has 1 N–H and O–H groups in total. The number of rotatable bonds is 2. The van der Waals surface area contributed by atoms with Crippen molar-refractivity contribution >= 4 is 41.9 Å². The van der Waals surface area contributed by atoms with Gasteiger partial charge < -0.3 is 5.11 Å². The van der Waals surface area contributed by atoms with E-state index in [4.69, 9.17) is 0 Å². The van der Waals surface area contributed by atoms with E-state index in [1.54, 1.807) is 18.2 Å². The number of aliphatic hydroxyl groups excluding tert-OH is 1. The van der Waals surface area contributed by atoms with Gasteiger partial charge in [-0.15, -0.1) is 0 Å². The van der Waals surface area contributed by atoms with Crippen molar-refractivity contribution in [3.8, 4) is 0 Å². The zero-order chi connectivity index (χ0) is 14.2. The fraction of sp³-hybridized carbons (Fsp3) is 0.500. The van der Waals surface area contributed by atoms with Crippen molar-refractivity contribution in [2.24, 2.45) is 5.92 Å². The van der Waals surface area contributed by atoms with E-state index < -0.39 is 16.1 Å². The minimum absolute atomic E-state index is 0.0438. The molecule has 1 fully saturated rings. The molecule has 0 amide bonds. The molecule has 1 saturated heterocycles. The van der Waals surface area contributed by atoms with Crippen LogP contribution in [-0.2, 0) is 10.0 Å². The van der Waals surface area contributed by atoms with E-state index in [0.717, 1.165) is 4.47 Å². The number of aliphatic hydroxyl groups is 1. The minimum atomic E-state index is -3.51. The van der Waals surface area contributed by atoms with Gasteiger partial charge in [0.05, 0.1) is 11.0 Å². The minimum Gasteiger partial charge on any atom is -0.393 e. The summed E-state index contributed by atoms with van der Waals surface area (Å²) in [6, 6.07) is 5.01. The molecular formula is C12H15Br2NO3S. The van der Waals surface area contributed by atoms with Crippen molar-refractivity contribution < 1.29 is 13.5 Å². The zero-order valence-electron chi connectivity index (χ0n) is 10.4. The van der Waals surface area contributed by atoms with Crippen LogP contribution in [0.3, 0.4) is 0 Å². The van der Waals surface area contributed by atoms with Gasteiger partial charge in [-0.3, -0.25) is 0 Å². The Hall–Kier alpha value is 0.0500. The molecule has 1 aromatic carbocycles. The highest BCUT2D eigenvalue weighted by atomic mass is 79.9.